The van der Waals surface area contributed by atoms with Crippen molar-refractivity contribution in [3.63, 3.8) is 0 Å². The number of rotatable bonds is 6. The molecule has 2 heterocycles. The highest BCUT2D eigenvalue weighted by Crippen LogP contribution is 2.31. The van der Waals surface area contributed by atoms with Crippen molar-refractivity contribution in [1.82, 2.24) is 9.13 Å². The number of amidine groups is 1. The summed E-state index contributed by atoms with van der Waals surface area (Å²) >= 11 is 1.08. The molecule has 0 spiro atoms. The lowest BCUT2D eigenvalue weighted by atomic mass is 10.1. The highest BCUT2D eigenvalue weighted by atomic mass is 32.2. The minimum absolute atomic E-state index is 0.0828. The van der Waals surface area contributed by atoms with Crippen LogP contribution in [-0.2, 0) is 23.7 Å². The Morgan fingerprint density at radius 1 is 1.00 bits per heavy atom. The first-order chi connectivity index (χ1) is 18.1. The molecule has 0 aliphatic carbocycles. The molecule has 1 aromatic heterocycles. The third-order valence-corrected chi connectivity index (χ3v) is 6.78. The second kappa shape index (κ2) is 10.9. The molecule has 3 aromatic rings. The lowest BCUT2D eigenvalue weighted by molar-refractivity contribution is -0.114. The maximum absolute atomic E-state index is 13.5. The monoisotopic (exact) mass is 533 g/mol. The highest BCUT2D eigenvalue weighted by Gasteiger charge is 2.32. The number of carbonyl (C=O) groups is 2. The number of hydrogen-bond donors (Lipinski definition) is 1. The van der Waals surface area contributed by atoms with E-state index in [0.717, 1.165) is 33.0 Å². The summed E-state index contributed by atoms with van der Waals surface area (Å²) in [6.07, 6.45) is 1.68. The molecular weight excluding hydrogens is 506 g/mol. The average Bonchev–Trinajstić information content (AvgIpc) is 3.19. The van der Waals surface area contributed by atoms with Crippen LogP contribution in [0, 0.1) is 13.8 Å². The number of aromatic nitrogens is 2. The number of thioether (sulfide) groups is 1. The molecule has 0 radical (unpaired) electrons. The predicted molar refractivity (Wildman–Crippen MR) is 150 cm³/mol. The Balaban J connectivity index is 1.62. The molecule has 2 aromatic carbocycles. The third kappa shape index (κ3) is 5.62. The Hall–Kier alpha value is -4.38. The van der Waals surface area contributed by atoms with E-state index >= 15 is 0 Å². The lowest BCUT2D eigenvalue weighted by Gasteiger charge is -2.19. The number of ether oxygens (including phenoxy) is 1. The van der Waals surface area contributed by atoms with Gasteiger partial charge in [-0.15, -0.1) is 0 Å². The molecule has 0 atom stereocenters. The molecule has 38 heavy (non-hydrogen) atoms. The minimum Gasteiger partial charge on any atom is -0.497 e. The van der Waals surface area contributed by atoms with Gasteiger partial charge >= 0.3 is 5.69 Å². The van der Waals surface area contributed by atoms with Crippen LogP contribution < -0.4 is 26.2 Å². The Bertz CT molecular complexity index is 1580. The van der Waals surface area contributed by atoms with Gasteiger partial charge in [-0.25, -0.2) is 9.79 Å². The number of anilines is 2. The molecule has 1 N–H and O–H groups in total. The van der Waals surface area contributed by atoms with Gasteiger partial charge in [0.25, 0.3) is 11.5 Å². The van der Waals surface area contributed by atoms with E-state index in [4.69, 9.17) is 4.74 Å². The van der Waals surface area contributed by atoms with Gasteiger partial charge in [-0.1, -0.05) is 30.0 Å². The van der Waals surface area contributed by atoms with Crippen LogP contribution in [0.25, 0.3) is 6.08 Å². The molecule has 196 valence electrons. The van der Waals surface area contributed by atoms with E-state index in [0.29, 0.717) is 16.6 Å². The SMILES string of the molecule is COc1ccc(C=C2N=C(SCC(=O)Nc3cc(=O)n(C)c(=O)n3C)N(c3cc(C)cc(C)c3)C2=O)cc1. The number of nitrogens with zero attached hydrogens (tertiary/aromatic N) is 4. The summed E-state index contributed by atoms with van der Waals surface area (Å²) in [6, 6.07) is 14.2. The van der Waals surface area contributed by atoms with Gasteiger partial charge in [0.15, 0.2) is 5.17 Å². The lowest BCUT2D eigenvalue weighted by Crippen LogP contribution is -2.38. The number of amides is 2. The van der Waals surface area contributed by atoms with Crippen LogP contribution in [0.3, 0.4) is 0 Å². The van der Waals surface area contributed by atoms with Crippen LogP contribution in [0.5, 0.6) is 5.75 Å². The van der Waals surface area contributed by atoms with E-state index in [-0.39, 0.29) is 23.2 Å². The first-order valence-corrected chi connectivity index (χ1v) is 12.6. The topological polar surface area (TPSA) is 115 Å². The number of benzene rings is 2. The van der Waals surface area contributed by atoms with Gasteiger partial charge in [0.2, 0.25) is 5.91 Å². The van der Waals surface area contributed by atoms with Gasteiger partial charge in [0, 0.05) is 20.2 Å². The standard InChI is InChI=1S/C27H27N5O5S/c1-16-10-17(2)12-19(11-16)32-25(35)21(13-18-6-8-20(37-5)9-7-18)28-26(32)38-15-23(33)29-22-14-24(34)31(4)27(36)30(22)3/h6-14H,15H2,1-5H3,(H,29,33). The molecule has 0 saturated heterocycles. The van der Waals surface area contributed by atoms with E-state index in [1.54, 1.807) is 25.3 Å². The summed E-state index contributed by atoms with van der Waals surface area (Å²) in [5.74, 6) is -0.100. The van der Waals surface area contributed by atoms with Crippen LogP contribution in [0.4, 0.5) is 11.5 Å². The van der Waals surface area contributed by atoms with Gasteiger partial charge in [0.1, 0.15) is 17.3 Å². The summed E-state index contributed by atoms with van der Waals surface area (Å²) < 4.78 is 7.32. The van der Waals surface area contributed by atoms with Gasteiger partial charge in [0.05, 0.1) is 18.6 Å². The largest absolute Gasteiger partial charge is 0.497 e. The van der Waals surface area contributed by atoms with Crippen LogP contribution in [0.2, 0.25) is 0 Å². The van der Waals surface area contributed by atoms with Crippen LogP contribution in [-0.4, -0.2) is 39.0 Å². The number of aliphatic imine (C=N–C) groups is 1. The molecule has 4 rings (SSSR count). The first-order valence-electron chi connectivity index (χ1n) is 11.6. The second-order valence-corrected chi connectivity index (χ2v) is 9.73. The van der Waals surface area contributed by atoms with Crippen molar-refractivity contribution in [2.45, 2.75) is 13.8 Å². The van der Waals surface area contributed by atoms with Crippen molar-refractivity contribution in [2.75, 3.05) is 23.1 Å². The van der Waals surface area contributed by atoms with Crippen molar-refractivity contribution >= 4 is 46.3 Å². The average molecular weight is 534 g/mol. The zero-order valence-electron chi connectivity index (χ0n) is 21.6. The fraction of sp³-hybridized carbons (Fsp3) is 0.222. The summed E-state index contributed by atoms with van der Waals surface area (Å²) in [6.45, 7) is 3.88. The van der Waals surface area contributed by atoms with E-state index in [1.807, 2.05) is 44.2 Å². The minimum atomic E-state index is -0.555. The number of nitrogens with one attached hydrogen (secondary N) is 1. The highest BCUT2D eigenvalue weighted by molar-refractivity contribution is 8.14. The summed E-state index contributed by atoms with van der Waals surface area (Å²) in [5.41, 5.74) is 2.52. The molecule has 11 heteroatoms. The molecule has 2 amide bonds. The molecule has 1 aliphatic heterocycles. The molecule has 0 saturated carbocycles. The smallest absolute Gasteiger partial charge is 0.332 e. The van der Waals surface area contributed by atoms with E-state index in [1.165, 1.54) is 29.6 Å². The zero-order chi connectivity index (χ0) is 27.6. The van der Waals surface area contributed by atoms with Gasteiger partial charge < -0.3 is 10.1 Å². The fourth-order valence-electron chi connectivity index (χ4n) is 3.92. The molecule has 0 unspecified atom stereocenters. The van der Waals surface area contributed by atoms with Gasteiger partial charge in [-0.05, 0) is 60.9 Å². The van der Waals surface area contributed by atoms with Crippen LogP contribution in [0.1, 0.15) is 16.7 Å². The van der Waals surface area contributed by atoms with E-state index in [2.05, 4.69) is 10.3 Å². The van der Waals surface area contributed by atoms with Gasteiger partial charge in [-0.3, -0.25) is 28.4 Å². The van der Waals surface area contributed by atoms with Crippen LogP contribution >= 0.6 is 11.8 Å². The maximum Gasteiger partial charge on any atom is 0.332 e. The van der Waals surface area contributed by atoms with Crippen LogP contribution in [0.15, 0.2) is 68.8 Å². The van der Waals surface area contributed by atoms with Gasteiger partial charge in [-0.2, -0.15) is 0 Å². The zero-order valence-corrected chi connectivity index (χ0v) is 22.5. The quantitative estimate of drug-likeness (QED) is 0.488. The first kappa shape index (κ1) is 26.7. The molecule has 0 bridgehead atoms. The molecular formula is C27H27N5O5S. The molecule has 0 fully saturated rings. The Kier molecular flexibility index (Phi) is 7.67. The Labute approximate surface area is 223 Å². The molecule has 10 nitrogen and oxygen atoms in total. The normalized spacial score (nSPS) is 14.1. The second-order valence-electron chi connectivity index (χ2n) is 8.79. The number of methoxy groups -OCH3 is 1. The third-order valence-electron chi connectivity index (χ3n) is 5.84. The van der Waals surface area contributed by atoms with Crippen molar-refractivity contribution in [1.29, 1.82) is 0 Å². The Morgan fingerprint density at radius 3 is 2.29 bits per heavy atom. The number of carbonyl (C=O) groups excluding carboxylic acids is 2. The van der Waals surface area contributed by atoms with E-state index in [9.17, 15) is 19.2 Å². The Morgan fingerprint density at radius 2 is 1.66 bits per heavy atom. The molecule has 1 aliphatic rings. The van der Waals surface area contributed by atoms with Crippen molar-refractivity contribution < 1.29 is 14.3 Å². The number of aryl methyl sites for hydroxylation is 2. The summed E-state index contributed by atoms with van der Waals surface area (Å²) in [7, 11) is 4.40. The fourth-order valence-corrected chi connectivity index (χ4v) is 4.73. The number of hydrogen-bond acceptors (Lipinski definition) is 7. The van der Waals surface area contributed by atoms with Crippen molar-refractivity contribution in [3.05, 3.63) is 91.8 Å². The van der Waals surface area contributed by atoms with Crippen molar-refractivity contribution in [2.24, 2.45) is 19.1 Å². The summed E-state index contributed by atoms with van der Waals surface area (Å²) in [4.78, 5) is 56.4. The summed E-state index contributed by atoms with van der Waals surface area (Å²) in [5, 5.41) is 2.93. The van der Waals surface area contributed by atoms with E-state index < -0.39 is 17.2 Å². The maximum atomic E-state index is 13.5. The predicted octanol–water partition coefficient (Wildman–Crippen LogP) is 2.83. The van der Waals surface area contributed by atoms with Crippen molar-refractivity contribution in [3.8, 4) is 5.75 Å².